The Hall–Kier alpha value is 0.0900. The van der Waals surface area contributed by atoms with Crippen molar-refractivity contribution in [3.05, 3.63) is 41.1 Å². The average Bonchev–Trinajstić information content (AvgIpc) is 3.78. The van der Waals surface area contributed by atoms with Crippen LogP contribution in [0.2, 0.25) is 0 Å². The van der Waals surface area contributed by atoms with Crippen molar-refractivity contribution in [2.24, 2.45) is 0 Å². The largest absolute Gasteiger partial charge is 1.00 e. The number of imidazole rings is 1. The third-order valence-electron chi connectivity index (χ3n) is 8.80. The van der Waals surface area contributed by atoms with E-state index in [1.165, 1.54) is 28.1 Å². The fourth-order valence-electron chi connectivity index (χ4n) is 6.51. The second-order valence-corrected chi connectivity index (χ2v) is 18.4. The van der Waals surface area contributed by atoms with Gasteiger partial charge < -0.3 is 66.8 Å². The summed E-state index contributed by atoms with van der Waals surface area (Å²) in [4.78, 5) is 30.0. The molecule has 0 aromatic carbocycles. The minimum Gasteiger partial charge on any atom is -0.660 e. The first kappa shape index (κ1) is 41.7. The summed E-state index contributed by atoms with van der Waals surface area (Å²) in [5.74, 6) is 0.867. The Bertz CT molecular complexity index is 2120. The van der Waals surface area contributed by atoms with E-state index in [0.29, 0.717) is 12.1 Å². The van der Waals surface area contributed by atoms with Gasteiger partial charge in [-0.2, -0.15) is 0 Å². The van der Waals surface area contributed by atoms with Crippen LogP contribution in [-0.2, 0) is 74.2 Å². The number of hydrogen-bond donors (Lipinski definition) is 2. The number of aryl methyl sites for hydroxylation is 1. The van der Waals surface area contributed by atoms with Crippen molar-refractivity contribution >= 4 is 72.1 Å². The van der Waals surface area contributed by atoms with Crippen molar-refractivity contribution in [1.29, 1.82) is 0 Å². The summed E-state index contributed by atoms with van der Waals surface area (Å²) in [6.45, 7) is -10.7. The maximum Gasteiger partial charge on any atom is 1.00 e. The van der Waals surface area contributed by atoms with E-state index in [9.17, 15) is 24.1 Å². The van der Waals surface area contributed by atoms with Crippen molar-refractivity contribution in [1.82, 2.24) is 33.6 Å². The van der Waals surface area contributed by atoms with Gasteiger partial charge in [0.25, 0.3) is 5.56 Å². The van der Waals surface area contributed by atoms with Gasteiger partial charge in [-0.3, -0.25) is 23.1 Å². The summed E-state index contributed by atoms with van der Waals surface area (Å²) in [6.07, 6.45) is -5.02. The van der Waals surface area contributed by atoms with Gasteiger partial charge in [-0.15, -0.1) is 11.8 Å². The molecular formula is C26H28FN7Na2O11P2S3. The number of aliphatic hydroxyl groups is 2. The van der Waals surface area contributed by atoms with Gasteiger partial charge in [-0.25, -0.2) is 24.3 Å². The zero-order chi connectivity index (χ0) is 34.9. The molecular weight excluding hydrogens is 809 g/mol. The van der Waals surface area contributed by atoms with Gasteiger partial charge in [0, 0.05) is 6.20 Å². The molecule has 4 aliphatic heterocycles. The summed E-state index contributed by atoms with van der Waals surface area (Å²) in [5.41, 5.74) is 0.710. The minimum absolute atomic E-state index is 0. The van der Waals surface area contributed by atoms with Crippen LogP contribution in [0.5, 0.6) is 0 Å². The second-order valence-electron chi connectivity index (χ2n) is 11.9. The molecule has 2 N–H and O–H groups in total. The summed E-state index contributed by atoms with van der Waals surface area (Å²) < 4.78 is 81.8. The standard InChI is InChI=1S/C26H30FN7O11P2S3.2Na/c27-16-19-14(43-25(16)33-6-12-2-1-5-50-23-15(12)21(33)28-9-29-23)8-41-47(39,49)45-20-18(36)13(7-40-46(38,48)44-19)42-26(20)34-11-30-17-22(34)31-10-32(3-4-35)24(17)37;;/h6,9-11,13-14,16,18-20,25-26,35-36H,1-5,7-8H2,(H,38,48)(H,39,49);;/q;2*+1/p-2/t13-,14-,16-,18-,19-,20-,25-,26-,46?,47?;;/m1../s1. The van der Waals surface area contributed by atoms with Crippen LogP contribution in [0.15, 0.2) is 35.0 Å². The van der Waals surface area contributed by atoms with Crippen molar-refractivity contribution in [3.63, 3.8) is 0 Å². The van der Waals surface area contributed by atoms with Gasteiger partial charge in [-0.1, -0.05) is 0 Å². The molecule has 2 unspecified atom stereocenters. The number of rotatable bonds is 4. The number of aromatic nitrogens is 7. The van der Waals surface area contributed by atoms with Crippen molar-refractivity contribution in [3.8, 4) is 0 Å². The minimum atomic E-state index is -4.53. The van der Waals surface area contributed by atoms with Gasteiger partial charge in [0.15, 0.2) is 36.6 Å². The summed E-state index contributed by atoms with van der Waals surface area (Å²) >= 11 is 11.9. The Labute approximate surface area is 353 Å². The number of nitrogens with zero attached hydrogens (tertiary/aromatic N) is 7. The van der Waals surface area contributed by atoms with E-state index < -0.39 is 81.5 Å². The first-order valence-corrected chi connectivity index (χ1v) is 21.5. The molecule has 8 heterocycles. The fourth-order valence-corrected chi connectivity index (χ4v) is 10.3. The molecule has 3 saturated heterocycles. The summed E-state index contributed by atoms with van der Waals surface area (Å²) in [6, 6.07) is 0. The molecule has 2 bridgehead atoms. The monoisotopic (exact) mass is 837 g/mol. The first-order chi connectivity index (χ1) is 23.9. The van der Waals surface area contributed by atoms with E-state index in [0.717, 1.165) is 32.7 Å². The molecule has 0 aliphatic carbocycles. The molecule has 0 amide bonds. The SMILES string of the molecule is O=c1c2ncn([C@@H]3O[C@@H]4COP(=O)([S-])O[C@H]5[C@@H](F)[C@H](n6cc7c8c(ncnc86)SCCC7)O[C@@H]5COP(=O)([S-])O[C@@H]3[C@@H]4O)c2ncn1CCO.[Na+].[Na+]. The van der Waals surface area contributed by atoms with E-state index in [1.807, 2.05) is 0 Å². The van der Waals surface area contributed by atoms with Crippen LogP contribution in [0.4, 0.5) is 4.39 Å². The number of halogens is 1. The normalized spacial score (nSPS) is 35.1. The van der Waals surface area contributed by atoms with E-state index >= 15 is 4.39 Å². The molecule has 4 aliphatic rings. The fraction of sp³-hybridized carbons (Fsp3) is 0.577. The molecule has 0 saturated carbocycles. The van der Waals surface area contributed by atoms with Crippen LogP contribution in [0.3, 0.4) is 0 Å². The molecule has 4 aromatic rings. The molecule has 8 rings (SSSR count). The van der Waals surface area contributed by atoms with Crippen LogP contribution in [0, 0.1) is 0 Å². The third-order valence-corrected chi connectivity index (χ3v) is 13.0. The van der Waals surface area contributed by atoms with Crippen molar-refractivity contribution in [2.45, 2.75) is 73.6 Å². The smallest absolute Gasteiger partial charge is 0.660 e. The molecule has 3 fully saturated rings. The van der Waals surface area contributed by atoms with E-state index in [-0.39, 0.29) is 83.4 Å². The van der Waals surface area contributed by atoms with Gasteiger partial charge in [0.05, 0.1) is 38.1 Å². The Morgan fingerprint density at radius 1 is 0.942 bits per heavy atom. The predicted octanol–water partition coefficient (Wildman–Crippen LogP) is -4.30. The van der Waals surface area contributed by atoms with Gasteiger partial charge in [0.1, 0.15) is 53.8 Å². The number of hydrogen-bond acceptors (Lipinski definition) is 18. The van der Waals surface area contributed by atoms with Gasteiger partial charge >= 0.3 is 59.1 Å². The molecule has 0 radical (unpaired) electrons. The Morgan fingerprint density at radius 3 is 2.40 bits per heavy atom. The molecule has 52 heavy (non-hydrogen) atoms. The number of fused-ring (bicyclic) bond motifs is 4. The van der Waals surface area contributed by atoms with E-state index in [1.54, 1.807) is 18.0 Å². The van der Waals surface area contributed by atoms with Gasteiger partial charge in [0.2, 0.25) is 6.80 Å². The number of alkyl halides is 1. The van der Waals surface area contributed by atoms with Crippen molar-refractivity contribution in [2.75, 3.05) is 25.6 Å². The summed E-state index contributed by atoms with van der Waals surface area (Å²) in [7, 11) is 0. The second kappa shape index (κ2) is 16.5. The van der Waals surface area contributed by atoms with Crippen LogP contribution in [0.25, 0.3) is 22.2 Å². The molecule has 270 valence electrons. The number of aliphatic hydroxyl groups excluding tert-OH is 2. The van der Waals surface area contributed by atoms with Crippen LogP contribution in [-0.4, -0.2) is 106 Å². The zero-order valence-corrected chi connectivity index (χ0v) is 35.8. The Morgan fingerprint density at radius 2 is 1.65 bits per heavy atom. The average molecular weight is 838 g/mol. The van der Waals surface area contributed by atoms with Crippen molar-refractivity contribution < 1.29 is 110 Å². The molecule has 10 atom stereocenters. The molecule has 0 spiro atoms. The van der Waals surface area contributed by atoms with E-state index in [2.05, 4.69) is 19.9 Å². The first-order valence-electron chi connectivity index (χ1n) is 15.4. The van der Waals surface area contributed by atoms with Gasteiger partial charge in [-0.05, 0) is 24.2 Å². The third kappa shape index (κ3) is 7.84. The zero-order valence-electron chi connectivity index (χ0n) is 27.6. The number of thioether (sulfide) groups is 1. The topological polar surface area (TPSA) is 213 Å². The van der Waals surface area contributed by atoms with Crippen LogP contribution < -0.4 is 64.7 Å². The van der Waals surface area contributed by atoms with Crippen LogP contribution >= 0.6 is 25.4 Å². The number of ether oxygens (including phenoxy) is 2. The Balaban J connectivity index is 0.00000232. The summed E-state index contributed by atoms with van der Waals surface area (Å²) in [5, 5.41) is 22.0. The molecule has 4 aromatic heterocycles. The van der Waals surface area contributed by atoms with E-state index in [4.69, 9.17) is 52.1 Å². The predicted molar refractivity (Wildman–Crippen MR) is 176 cm³/mol. The maximum absolute atomic E-state index is 16.4. The molecule has 18 nitrogen and oxygen atoms in total. The Kier molecular flexibility index (Phi) is 13.3. The van der Waals surface area contributed by atoms with Crippen LogP contribution in [0.1, 0.15) is 24.4 Å². The quantitative estimate of drug-likeness (QED) is 0.0862. The molecule has 26 heteroatoms. The maximum atomic E-state index is 16.4.